The summed E-state index contributed by atoms with van der Waals surface area (Å²) in [5.41, 5.74) is 17.9. The second-order valence-corrected chi connectivity index (χ2v) is 6.28. The van der Waals surface area contributed by atoms with Gasteiger partial charge in [0.2, 0.25) is 11.7 Å². The molecule has 0 aliphatic rings. The maximum absolute atomic E-state index is 9.80. The number of anilines is 1. The van der Waals surface area contributed by atoms with Crippen LogP contribution in [0.25, 0.3) is 11.6 Å². The van der Waals surface area contributed by atoms with Crippen molar-refractivity contribution in [3.05, 3.63) is 41.5 Å². The normalized spacial score (nSPS) is 11.0. The SMILES string of the molecule is COc1ccc(/C=C(/C#N)c2cc(OC)c(OC)c(OC)c2)cc1N.C[C@H](N)C(N)=O.Cl. The number of ether oxygens (including phenoxy) is 4. The number of hydrogen-bond donors (Lipinski definition) is 3. The minimum absolute atomic E-state index is 0. The van der Waals surface area contributed by atoms with Gasteiger partial charge in [0.1, 0.15) is 5.75 Å². The summed E-state index contributed by atoms with van der Waals surface area (Å²) in [6.45, 7) is 1.54. The smallest absolute Gasteiger partial charge is 0.234 e. The van der Waals surface area contributed by atoms with E-state index in [0.717, 1.165) is 5.56 Å². The molecule has 0 bridgehead atoms. The zero-order valence-corrected chi connectivity index (χ0v) is 19.5. The molecule has 0 radical (unpaired) electrons. The molecule has 2 aromatic rings. The van der Waals surface area contributed by atoms with Crippen LogP contribution in [0.1, 0.15) is 18.1 Å². The highest BCUT2D eigenvalue weighted by Crippen LogP contribution is 2.40. The van der Waals surface area contributed by atoms with Crippen molar-refractivity contribution >= 4 is 35.7 Å². The molecule has 0 aromatic heterocycles. The van der Waals surface area contributed by atoms with E-state index in [1.807, 2.05) is 6.07 Å². The first-order valence-corrected chi connectivity index (χ1v) is 9.12. The van der Waals surface area contributed by atoms with Crippen molar-refractivity contribution in [2.45, 2.75) is 13.0 Å². The summed E-state index contributed by atoms with van der Waals surface area (Å²) in [5, 5.41) is 9.58. The number of nitrogen functional groups attached to an aromatic ring is 1. The van der Waals surface area contributed by atoms with E-state index in [1.54, 1.807) is 44.4 Å². The number of allylic oxidation sites excluding steroid dienone is 1. The zero-order valence-electron chi connectivity index (χ0n) is 18.7. The Morgan fingerprint density at radius 1 is 1.00 bits per heavy atom. The van der Waals surface area contributed by atoms with Crippen LogP contribution in [0.5, 0.6) is 23.0 Å². The van der Waals surface area contributed by atoms with E-state index in [9.17, 15) is 10.1 Å². The average Bonchev–Trinajstić information content (AvgIpc) is 2.76. The number of methoxy groups -OCH3 is 4. The molecular formula is C22H29ClN4O5. The highest BCUT2D eigenvalue weighted by Gasteiger charge is 2.15. The third kappa shape index (κ3) is 7.58. The number of primary amides is 1. The minimum Gasteiger partial charge on any atom is -0.495 e. The van der Waals surface area contributed by atoms with Crippen molar-refractivity contribution in [1.29, 1.82) is 5.26 Å². The Balaban J connectivity index is 0.00000121. The third-order valence-corrected chi connectivity index (χ3v) is 4.11. The monoisotopic (exact) mass is 464 g/mol. The van der Waals surface area contributed by atoms with Crippen molar-refractivity contribution in [3.8, 4) is 29.1 Å². The van der Waals surface area contributed by atoms with Crippen LogP contribution >= 0.6 is 12.4 Å². The summed E-state index contributed by atoms with van der Waals surface area (Å²) in [6, 6.07) is 10.5. The predicted molar refractivity (Wildman–Crippen MR) is 127 cm³/mol. The molecule has 1 amide bonds. The Morgan fingerprint density at radius 3 is 1.84 bits per heavy atom. The quantitative estimate of drug-likeness (QED) is 0.320. The number of rotatable bonds is 7. The summed E-state index contributed by atoms with van der Waals surface area (Å²) >= 11 is 0. The lowest BCUT2D eigenvalue weighted by Crippen LogP contribution is -2.32. The van der Waals surface area contributed by atoms with E-state index in [1.165, 1.54) is 21.3 Å². The van der Waals surface area contributed by atoms with Crippen molar-refractivity contribution in [1.82, 2.24) is 0 Å². The van der Waals surface area contributed by atoms with Gasteiger partial charge in [-0.15, -0.1) is 12.4 Å². The molecule has 6 N–H and O–H groups in total. The molecule has 0 fully saturated rings. The van der Waals surface area contributed by atoms with Gasteiger partial charge in [-0.1, -0.05) is 6.07 Å². The van der Waals surface area contributed by atoms with Crippen LogP contribution in [0.3, 0.4) is 0 Å². The number of carbonyl (C=O) groups excluding carboxylic acids is 1. The number of nitrogens with two attached hydrogens (primary N) is 3. The van der Waals surface area contributed by atoms with Gasteiger partial charge >= 0.3 is 0 Å². The van der Waals surface area contributed by atoms with Crippen LogP contribution < -0.4 is 36.1 Å². The fraction of sp³-hybridized carbons (Fsp3) is 0.273. The van der Waals surface area contributed by atoms with E-state index in [-0.39, 0.29) is 12.4 Å². The fourth-order valence-corrected chi connectivity index (χ4v) is 2.43. The van der Waals surface area contributed by atoms with Gasteiger partial charge in [-0.3, -0.25) is 4.79 Å². The summed E-state index contributed by atoms with van der Waals surface area (Å²) in [7, 11) is 6.14. The highest BCUT2D eigenvalue weighted by atomic mass is 35.5. The van der Waals surface area contributed by atoms with Gasteiger partial charge in [0.25, 0.3) is 0 Å². The molecular weight excluding hydrogens is 436 g/mol. The highest BCUT2D eigenvalue weighted by molar-refractivity contribution is 5.91. The molecule has 0 saturated carbocycles. The summed E-state index contributed by atoms with van der Waals surface area (Å²) < 4.78 is 21.1. The molecule has 9 nitrogen and oxygen atoms in total. The number of benzene rings is 2. The van der Waals surface area contributed by atoms with Gasteiger partial charge in [-0.05, 0) is 48.4 Å². The van der Waals surface area contributed by atoms with Crippen LogP contribution in [0.15, 0.2) is 30.3 Å². The summed E-state index contributed by atoms with van der Waals surface area (Å²) in [5.74, 6) is 1.55. The molecule has 174 valence electrons. The van der Waals surface area contributed by atoms with Crippen molar-refractivity contribution < 1.29 is 23.7 Å². The minimum atomic E-state index is -0.509. The molecule has 0 spiro atoms. The summed E-state index contributed by atoms with van der Waals surface area (Å²) in [6.07, 6.45) is 1.73. The third-order valence-electron chi connectivity index (χ3n) is 4.11. The number of halogens is 1. The molecule has 0 aliphatic heterocycles. The molecule has 1 atom stereocenters. The van der Waals surface area contributed by atoms with Crippen molar-refractivity contribution in [2.75, 3.05) is 34.2 Å². The van der Waals surface area contributed by atoms with E-state index in [0.29, 0.717) is 39.8 Å². The second kappa shape index (κ2) is 13.6. The topological polar surface area (TPSA) is 156 Å². The van der Waals surface area contributed by atoms with Crippen molar-refractivity contribution in [3.63, 3.8) is 0 Å². The van der Waals surface area contributed by atoms with Crippen LogP contribution in [-0.2, 0) is 4.79 Å². The Hall–Kier alpha value is -3.61. The number of nitrogens with zero attached hydrogens (tertiary/aromatic N) is 1. The van der Waals surface area contributed by atoms with E-state index < -0.39 is 11.9 Å². The molecule has 0 aliphatic carbocycles. The number of amides is 1. The lowest BCUT2D eigenvalue weighted by atomic mass is 10.0. The summed E-state index contributed by atoms with van der Waals surface area (Å²) in [4.78, 5) is 9.80. The first kappa shape index (κ1) is 28.4. The van der Waals surface area contributed by atoms with Crippen LogP contribution in [0, 0.1) is 11.3 Å². The largest absolute Gasteiger partial charge is 0.495 e. The number of nitriles is 1. The lowest BCUT2D eigenvalue weighted by Gasteiger charge is -2.14. The fourth-order valence-electron chi connectivity index (χ4n) is 2.43. The molecule has 0 heterocycles. The van der Waals surface area contributed by atoms with E-state index in [4.69, 9.17) is 30.4 Å². The first-order valence-electron chi connectivity index (χ1n) is 9.12. The molecule has 10 heteroatoms. The maximum Gasteiger partial charge on any atom is 0.234 e. The Morgan fingerprint density at radius 2 is 1.50 bits per heavy atom. The molecule has 2 rings (SSSR count). The number of hydrogen-bond acceptors (Lipinski definition) is 8. The van der Waals surface area contributed by atoms with Gasteiger partial charge in [-0.2, -0.15) is 5.26 Å². The maximum atomic E-state index is 9.80. The number of carbonyl (C=O) groups is 1. The van der Waals surface area contributed by atoms with Gasteiger partial charge in [0.15, 0.2) is 11.5 Å². The van der Waals surface area contributed by atoms with Gasteiger partial charge in [-0.25, -0.2) is 0 Å². The molecule has 32 heavy (non-hydrogen) atoms. The average molecular weight is 465 g/mol. The molecule has 0 saturated heterocycles. The van der Waals surface area contributed by atoms with Crippen molar-refractivity contribution in [2.24, 2.45) is 11.5 Å². The van der Waals surface area contributed by atoms with Crippen LogP contribution in [0.4, 0.5) is 5.69 Å². The van der Waals surface area contributed by atoms with Gasteiger partial charge < -0.3 is 36.1 Å². The Bertz CT molecular complexity index is 962. The van der Waals surface area contributed by atoms with Gasteiger partial charge in [0, 0.05) is 0 Å². The first-order chi connectivity index (χ1) is 14.7. The zero-order chi connectivity index (χ0) is 23.6. The molecule has 0 unspecified atom stereocenters. The Labute approximate surface area is 194 Å². The Kier molecular flexibility index (Phi) is 12.1. The second-order valence-electron chi connectivity index (χ2n) is 6.28. The van der Waals surface area contributed by atoms with Crippen LogP contribution in [-0.4, -0.2) is 40.4 Å². The van der Waals surface area contributed by atoms with E-state index in [2.05, 4.69) is 11.8 Å². The lowest BCUT2D eigenvalue weighted by molar-refractivity contribution is -0.118. The predicted octanol–water partition coefficient (Wildman–Crippen LogP) is 2.61. The standard InChI is InChI=1S/C19H20N2O4.C3H8N2O.ClH/c1-22-16-6-5-12(8-15(16)21)7-14(11-20)13-9-17(23-2)19(25-4)18(10-13)24-3;1-2(4)3(5)6;/h5-10H,21H2,1-4H3;2H,4H2,1H3,(H2,5,6);1H/b14-7-;;/t;2-;/m.0./s1. The molecule has 2 aromatic carbocycles. The van der Waals surface area contributed by atoms with E-state index >= 15 is 0 Å². The van der Waals surface area contributed by atoms with Crippen LogP contribution in [0.2, 0.25) is 0 Å². The van der Waals surface area contributed by atoms with Gasteiger partial charge in [0.05, 0.1) is 51.8 Å².